The standard InChI is InChI=1S/C65H102O6/c1-4-7-10-13-16-19-21-23-25-27-29-31-32-34-35-37-39-41-43-46-49-52-55-58-64(67)70-61-62(60-69-63(66)57-54-51-48-45-18-15-12-9-6-3)71-65(68)59-56-53-50-47-44-42-40-38-36-33-30-28-26-24-22-20-17-14-11-8-5-2/h7-8,10-11,16-17,19-20,23-26,29-31,33-35,38-41,46,49,62H,4-6,9,12-15,18,21-22,27-28,32,36-37,42-45,47-48,50-61H2,1-3H3/b10-7-,11-8-,19-16-,20-17-,25-23-,26-24-,31-29-,33-30-,35-34-,40-38-,41-39-,49-46-. The molecule has 0 aliphatic rings. The summed E-state index contributed by atoms with van der Waals surface area (Å²) in [4.78, 5) is 38.0. The largest absolute Gasteiger partial charge is 0.462 e. The van der Waals surface area contributed by atoms with Crippen LogP contribution < -0.4 is 0 Å². The maximum Gasteiger partial charge on any atom is 0.306 e. The SMILES string of the molecule is CC/C=C\C/C=C\C/C=C\C/C=C\C/C=C\C/C=C\C/C=C\CCCC(=O)OCC(COC(=O)CCCCCCCCCCC)OC(=O)CCCCCCC/C=C\C/C=C\C/C=C\C/C=C\C/C=C\CC. The van der Waals surface area contributed by atoms with Crippen molar-refractivity contribution >= 4 is 17.9 Å². The zero-order valence-electron chi connectivity index (χ0n) is 45.4. The predicted octanol–water partition coefficient (Wildman–Crippen LogP) is 19.2. The molecule has 0 radical (unpaired) electrons. The molecule has 0 aliphatic carbocycles. The van der Waals surface area contributed by atoms with Crippen LogP contribution in [-0.4, -0.2) is 37.2 Å². The molecule has 0 rings (SSSR count). The Morgan fingerprint density at radius 2 is 0.563 bits per heavy atom. The number of allylic oxidation sites excluding steroid dienone is 24. The molecule has 6 heteroatoms. The molecule has 0 aromatic heterocycles. The molecule has 0 heterocycles. The highest BCUT2D eigenvalue weighted by atomic mass is 16.6. The molecule has 0 aromatic carbocycles. The number of unbranched alkanes of at least 4 members (excludes halogenated alkanes) is 14. The molecule has 0 spiro atoms. The minimum absolute atomic E-state index is 0.109. The van der Waals surface area contributed by atoms with Crippen molar-refractivity contribution in [1.29, 1.82) is 0 Å². The predicted molar refractivity (Wildman–Crippen MR) is 306 cm³/mol. The molecule has 0 fully saturated rings. The number of rotatable bonds is 49. The normalized spacial score (nSPS) is 13.2. The van der Waals surface area contributed by atoms with E-state index in [0.29, 0.717) is 12.8 Å². The molecule has 6 nitrogen and oxygen atoms in total. The lowest BCUT2D eigenvalue weighted by Crippen LogP contribution is -2.30. The first-order valence-corrected chi connectivity index (χ1v) is 28.3. The number of carbonyl (C=O) groups is 3. The van der Waals surface area contributed by atoms with Gasteiger partial charge in [-0.15, -0.1) is 0 Å². The molecule has 0 aliphatic heterocycles. The van der Waals surface area contributed by atoms with Gasteiger partial charge < -0.3 is 14.2 Å². The fourth-order valence-corrected chi connectivity index (χ4v) is 7.16. The van der Waals surface area contributed by atoms with Gasteiger partial charge in [0.1, 0.15) is 13.2 Å². The number of carbonyl (C=O) groups excluding carboxylic acids is 3. The summed E-state index contributed by atoms with van der Waals surface area (Å²) in [6.45, 7) is 6.31. The molecular formula is C65H102O6. The van der Waals surface area contributed by atoms with Gasteiger partial charge in [-0.1, -0.05) is 237 Å². The van der Waals surface area contributed by atoms with Gasteiger partial charge >= 0.3 is 17.9 Å². The van der Waals surface area contributed by atoms with Crippen LogP contribution in [0.2, 0.25) is 0 Å². The van der Waals surface area contributed by atoms with Crippen molar-refractivity contribution in [3.05, 3.63) is 146 Å². The van der Waals surface area contributed by atoms with Crippen LogP contribution in [0.5, 0.6) is 0 Å². The van der Waals surface area contributed by atoms with Crippen LogP contribution in [0.15, 0.2) is 146 Å². The quantitative estimate of drug-likeness (QED) is 0.0262. The monoisotopic (exact) mass is 979 g/mol. The van der Waals surface area contributed by atoms with Crippen LogP contribution in [0.25, 0.3) is 0 Å². The smallest absolute Gasteiger partial charge is 0.306 e. The van der Waals surface area contributed by atoms with Crippen molar-refractivity contribution in [1.82, 2.24) is 0 Å². The Hall–Kier alpha value is -4.71. The highest BCUT2D eigenvalue weighted by Crippen LogP contribution is 2.13. The van der Waals surface area contributed by atoms with Gasteiger partial charge in [-0.25, -0.2) is 0 Å². The van der Waals surface area contributed by atoms with E-state index in [1.807, 2.05) is 0 Å². The second-order valence-electron chi connectivity index (χ2n) is 18.1. The van der Waals surface area contributed by atoms with Crippen molar-refractivity contribution in [2.24, 2.45) is 0 Å². The second-order valence-corrected chi connectivity index (χ2v) is 18.1. The number of hydrogen-bond donors (Lipinski definition) is 0. The van der Waals surface area contributed by atoms with Crippen molar-refractivity contribution in [3.8, 4) is 0 Å². The van der Waals surface area contributed by atoms with Crippen molar-refractivity contribution in [2.45, 2.75) is 232 Å². The molecule has 71 heavy (non-hydrogen) atoms. The first kappa shape index (κ1) is 66.3. The number of ether oxygens (including phenoxy) is 3. The van der Waals surface area contributed by atoms with Crippen LogP contribution in [-0.2, 0) is 28.6 Å². The van der Waals surface area contributed by atoms with Gasteiger partial charge in [0.2, 0.25) is 0 Å². The van der Waals surface area contributed by atoms with Crippen molar-refractivity contribution < 1.29 is 28.6 Å². The Morgan fingerprint density at radius 3 is 0.915 bits per heavy atom. The van der Waals surface area contributed by atoms with Crippen LogP contribution in [0, 0.1) is 0 Å². The Morgan fingerprint density at radius 1 is 0.296 bits per heavy atom. The van der Waals surface area contributed by atoms with Gasteiger partial charge in [0.25, 0.3) is 0 Å². The maximum absolute atomic E-state index is 12.8. The van der Waals surface area contributed by atoms with E-state index in [1.165, 1.54) is 38.5 Å². The topological polar surface area (TPSA) is 78.9 Å². The summed E-state index contributed by atoms with van der Waals surface area (Å²) in [7, 11) is 0. The third-order valence-corrected chi connectivity index (χ3v) is 11.3. The Labute approximate surface area is 436 Å². The van der Waals surface area contributed by atoms with E-state index in [1.54, 1.807) is 0 Å². The zero-order valence-corrected chi connectivity index (χ0v) is 45.4. The highest BCUT2D eigenvalue weighted by molar-refractivity contribution is 5.71. The zero-order chi connectivity index (χ0) is 51.4. The van der Waals surface area contributed by atoms with Crippen LogP contribution in [0.4, 0.5) is 0 Å². The minimum atomic E-state index is -0.816. The van der Waals surface area contributed by atoms with E-state index < -0.39 is 6.10 Å². The van der Waals surface area contributed by atoms with Gasteiger partial charge in [0, 0.05) is 19.3 Å². The van der Waals surface area contributed by atoms with E-state index >= 15 is 0 Å². The summed E-state index contributed by atoms with van der Waals surface area (Å²) in [6, 6.07) is 0. The molecule has 0 N–H and O–H groups in total. The fraction of sp³-hybridized carbons (Fsp3) is 0.585. The molecule has 0 saturated carbocycles. The first-order chi connectivity index (χ1) is 35.0. The number of hydrogen-bond acceptors (Lipinski definition) is 6. The van der Waals surface area contributed by atoms with Crippen LogP contribution in [0.1, 0.15) is 226 Å². The van der Waals surface area contributed by atoms with E-state index in [0.717, 1.165) is 141 Å². The third kappa shape index (κ3) is 56.1. The second kappa shape index (κ2) is 57.9. The Kier molecular flexibility index (Phi) is 54.0. The molecule has 0 bridgehead atoms. The molecule has 1 atom stereocenters. The average molecular weight is 980 g/mol. The van der Waals surface area contributed by atoms with E-state index in [9.17, 15) is 14.4 Å². The maximum atomic E-state index is 12.8. The molecule has 398 valence electrons. The van der Waals surface area contributed by atoms with Crippen molar-refractivity contribution in [3.63, 3.8) is 0 Å². The van der Waals surface area contributed by atoms with Gasteiger partial charge in [-0.3, -0.25) is 14.4 Å². The Bertz CT molecular complexity index is 1590. The summed E-state index contributed by atoms with van der Waals surface area (Å²) in [6.07, 6.45) is 82.7. The lowest BCUT2D eigenvalue weighted by atomic mass is 10.1. The van der Waals surface area contributed by atoms with Crippen LogP contribution in [0.3, 0.4) is 0 Å². The molecule has 0 saturated heterocycles. The average Bonchev–Trinajstić information content (AvgIpc) is 3.37. The van der Waals surface area contributed by atoms with Gasteiger partial charge in [-0.2, -0.15) is 0 Å². The van der Waals surface area contributed by atoms with E-state index in [2.05, 4.69) is 167 Å². The van der Waals surface area contributed by atoms with Gasteiger partial charge in [-0.05, 0) is 116 Å². The third-order valence-electron chi connectivity index (χ3n) is 11.3. The lowest BCUT2D eigenvalue weighted by molar-refractivity contribution is -0.167. The summed E-state index contributed by atoms with van der Waals surface area (Å²) in [5.74, 6) is -1.00. The summed E-state index contributed by atoms with van der Waals surface area (Å²) in [5.41, 5.74) is 0. The van der Waals surface area contributed by atoms with Gasteiger partial charge in [0.15, 0.2) is 6.10 Å². The highest BCUT2D eigenvalue weighted by Gasteiger charge is 2.19. The molecule has 0 aromatic rings. The van der Waals surface area contributed by atoms with Gasteiger partial charge in [0.05, 0.1) is 0 Å². The van der Waals surface area contributed by atoms with E-state index in [4.69, 9.17) is 14.2 Å². The minimum Gasteiger partial charge on any atom is -0.462 e. The first-order valence-electron chi connectivity index (χ1n) is 28.3. The van der Waals surface area contributed by atoms with Crippen molar-refractivity contribution in [2.75, 3.05) is 13.2 Å². The van der Waals surface area contributed by atoms with Crippen LogP contribution >= 0.6 is 0 Å². The fourth-order valence-electron chi connectivity index (χ4n) is 7.16. The van der Waals surface area contributed by atoms with E-state index in [-0.39, 0.29) is 44.0 Å². The Balaban J connectivity index is 4.46. The molecule has 1 unspecified atom stereocenters. The summed E-state index contributed by atoms with van der Waals surface area (Å²) >= 11 is 0. The summed E-state index contributed by atoms with van der Waals surface area (Å²) < 4.78 is 16.7. The number of esters is 3. The molecule has 0 amide bonds. The summed E-state index contributed by atoms with van der Waals surface area (Å²) in [5, 5.41) is 0. The lowest BCUT2D eigenvalue weighted by Gasteiger charge is -2.18. The molecular weight excluding hydrogens is 877 g/mol.